The van der Waals surface area contributed by atoms with E-state index in [4.69, 9.17) is 97.9 Å². The third-order valence-electron chi connectivity index (χ3n) is 16.2. The number of aliphatic imine (C=N–C) groups is 1. The van der Waals surface area contributed by atoms with Gasteiger partial charge in [-0.2, -0.15) is 15.3 Å². The lowest BCUT2D eigenvalue weighted by molar-refractivity contribution is -0.154. The lowest BCUT2D eigenvalue weighted by Crippen LogP contribution is -2.40. The summed E-state index contributed by atoms with van der Waals surface area (Å²) in [7, 11) is 9.27. The van der Waals surface area contributed by atoms with Gasteiger partial charge < -0.3 is 70.3 Å². The van der Waals surface area contributed by atoms with E-state index in [0.29, 0.717) is 76.0 Å². The number of ether oxygens (including phenoxy) is 4. The van der Waals surface area contributed by atoms with Gasteiger partial charge >= 0.3 is 17.9 Å². The van der Waals surface area contributed by atoms with E-state index in [0.717, 1.165) is 18.1 Å². The molecule has 828 valence electrons. The van der Waals surface area contributed by atoms with Crippen molar-refractivity contribution in [2.45, 2.75) is 338 Å². The van der Waals surface area contributed by atoms with Crippen LogP contribution in [0.4, 0.5) is 0 Å². The number of nitrogens with two attached hydrogens (primary N) is 2. The van der Waals surface area contributed by atoms with Crippen molar-refractivity contribution in [1.29, 1.82) is 0 Å². The maximum Gasteiger partial charge on any atom is 0.328 e. The number of nitrogens with one attached hydrogen (secondary N) is 1. The Morgan fingerprint density at radius 3 is 1.27 bits per heavy atom. The number of hydrogen-bond donors (Lipinski definition) is 7. The lowest BCUT2D eigenvalue weighted by Gasteiger charge is -2.36. The highest BCUT2D eigenvalue weighted by Crippen LogP contribution is 2.38. The zero-order valence-electron chi connectivity index (χ0n) is 107. The van der Waals surface area contributed by atoms with Gasteiger partial charge in [-0.1, -0.05) is 159 Å². The van der Waals surface area contributed by atoms with Crippen LogP contribution in [0.5, 0.6) is 23.0 Å². The third kappa shape index (κ3) is 69.8. The number of aliphatic hydroxyl groups is 1. The minimum Gasteiger partial charge on any atom is -0.507 e. The molecule has 2 aromatic carbocycles. The monoisotopic (exact) mass is 2160 g/mol. The van der Waals surface area contributed by atoms with Crippen LogP contribution in [0.1, 0.15) is 362 Å². The van der Waals surface area contributed by atoms with E-state index in [9.17, 15) is 43.8 Å². The van der Waals surface area contributed by atoms with Crippen LogP contribution in [0.25, 0.3) is 34.2 Å². The van der Waals surface area contributed by atoms with E-state index in [1.54, 1.807) is 188 Å². The summed E-state index contributed by atoms with van der Waals surface area (Å²) in [6.07, 6.45) is 15.3. The van der Waals surface area contributed by atoms with Crippen molar-refractivity contribution >= 4 is 98.3 Å². The van der Waals surface area contributed by atoms with Crippen molar-refractivity contribution < 1.29 is 119 Å². The van der Waals surface area contributed by atoms with Gasteiger partial charge in [0, 0.05) is 181 Å². The number of halogens is 3. The van der Waals surface area contributed by atoms with Gasteiger partial charge in [-0.25, -0.2) is 4.21 Å². The highest BCUT2D eigenvalue weighted by atomic mass is 36.0. The number of esters is 3. The van der Waals surface area contributed by atoms with E-state index in [1.807, 2.05) is 37.2 Å². The average Bonchev–Trinajstić information content (AvgIpc) is 1.68. The number of carbonyl (C=O) groups excluding carboxylic acids is 7. The van der Waals surface area contributed by atoms with Crippen LogP contribution in [-0.4, -0.2) is 198 Å². The molecule has 9 aromatic rings. The minimum absolute atomic E-state index is 0. The number of benzene rings is 2. The Morgan fingerprint density at radius 1 is 0.538 bits per heavy atom. The van der Waals surface area contributed by atoms with Gasteiger partial charge in [-0.05, 0) is 234 Å². The standard InChI is InChI=1S/C19H19N3O3.C17H28N2O2Si.C12H14ClN3.C12H15N3O.C9H19NO2.C9H17NO2.C7H6O3.C6H13NO2.C4H11N.C3H6O.10CH4.Cl2OS/c1-13(2)22-16(8-10-21-22)19-14(5-4-9-20-19)12-25-18-7-3-6-17(24)15(18)11-23;1-17(2,3)22(6,7)21-13-14-9-8-11-18-16(14)15(20)10-12-19(4)5;1-9(2)16-11(5-7-15-16)12-10(8-13)4-3-6-14-12;1-9(2)15-11(5-7-14-15)12-10(8-16)4-3-6-13-12;2*1-7(2)10-6-8(11)12-9(3,4)5;8-4-5-6(9)2-1-3-7(5)10;1-6(2,3)9-5(8)4-7;1-4(2)3-5;1-3(2)4;;;;;;;;;;;1-4(2)3/h3-11,13,24H,12H2,1-2H3;8-12H,13H2,1-7H3;3-7,9H,8H2,1-2H3;3-7,9,16H,8H2,1-2H3;7,10H,6H2,1-5H3;6H2,1-5H3;1-4,9-10H;4,7H2,1-3H3;4H,3,5H2,1-2H3;1-2H3;10*1H4;/b;12-10+;;;;;;;;;;;;;;;;;;;/i1D3;;2*1D3;2*1D3,2D3;;;2*1D3;;;;;;;;;;;. The maximum absolute atomic E-state index is 12.3. The van der Waals surface area contributed by atoms with Crippen molar-refractivity contribution in [1.82, 2.24) is 59.5 Å². The number of nitrogens with zero attached hydrogens (tertiary/aromatic N) is 12. The van der Waals surface area contributed by atoms with Crippen LogP contribution < -0.4 is 21.5 Å². The first-order valence-electron chi connectivity index (χ1n) is 54.6. The van der Waals surface area contributed by atoms with E-state index < -0.39 is 157 Å². The predicted octanol–water partition coefficient (Wildman–Crippen LogP) is 25.7. The minimum atomic E-state index is -2.85. The number of aldehydes is 2. The molecule has 145 heavy (non-hydrogen) atoms. The van der Waals surface area contributed by atoms with Crippen LogP contribution in [0.3, 0.4) is 0 Å². The van der Waals surface area contributed by atoms with Crippen LogP contribution in [0.2, 0.25) is 18.1 Å². The Balaban J connectivity index is -0.000000167. The van der Waals surface area contributed by atoms with Gasteiger partial charge in [0.25, 0.3) is 0 Å². The van der Waals surface area contributed by atoms with Crippen molar-refractivity contribution in [3.63, 3.8) is 0 Å². The molecule has 0 saturated carbocycles. The van der Waals surface area contributed by atoms with Crippen LogP contribution >= 0.6 is 33.0 Å². The van der Waals surface area contributed by atoms with E-state index >= 15 is 0 Å². The molecule has 0 bridgehead atoms. The number of Topliss-reactive ketones (excluding diaryl/α,β-unsaturated/α-hetero) is 1. The Kier molecular flexibility index (Phi) is 60.7. The molecule has 0 aliphatic rings. The molecule has 0 radical (unpaired) electrons. The Labute approximate surface area is 928 Å². The van der Waals surface area contributed by atoms with Crippen molar-refractivity contribution in [2.75, 3.05) is 40.3 Å². The van der Waals surface area contributed by atoms with Crippen molar-refractivity contribution in [2.24, 2.45) is 22.4 Å². The summed E-state index contributed by atoms with van der Waals surface area (Å²) in [4.78, 5) is 99.0. The van der Waals surface area contributed by atoms with E-state index in [2.05, 4.69) is 101 Å². The maximum atomic E-state index is 12.3. The Bertz CT molecular complexity index is 6030. The first-order valence-corrected chi connectivity index (χ1v) is 47.4. The first-order chi connectivity index (χ1) is 73.6. The molecule has 4 unspecified atom stereocenters. The fourth-order valence-corrected chi connectivity index (χ4v) is 10.6. The molecule has 7 heterocycles. The fourth-order valence-electron chi connectivity index (χ4n) is 9.40. The fraction of sp³-hybridized carbons (Fsp3) is 0.528. The number of aromatic hydroxyl groups is 3. The molecule has 0 aliphatic heterocycles. The summed E-state index contributed by atoms with van der Waals surface area (Å²) < 4.78 is 233. The molecule has 32 nitrogen and oxygen atoms in total. The van der Waals surface area contributed by atoms with Crippen LogP contribution in [0, 0.1) is 5.92 Å². The number of aliphatic hydroxyl groups excluding tert-OH is 1. The second-order valence-corrected chi connectivity index (χ2v) is 40.4. The highest BCUT2D eigenvalue weighted by Gasteiger charge is 2.37. The second-order valence-electron chi connectivity index (χ2n) is 32.8. The quantitative estimate of drug-likeness (QED) is 0.00305. The molecule has 0 amide bonds. The number of phenols is 3. The zero-order valence-corrected chi connectivity index (χ0v) is 84.0. The van der Waals surface area contributed by atoms with Crippen molar-refractivity contribution in [3.8, 4) is 57.2 Å². The smallest absolute Gasteiger partial charge is 0.328 e. The van der Waals surface area contributed by atoms with Gasteiger partial charge in [0.2, 0.25) is 15.0 Å². The molecule has 37 heteroatoms. The Morgan fingerprint density at radius 2 is 0.924 bits per heavy atom. The molecular weight excluding hydrogens is 1950 g/mol. The van der Waals surface area contributed by atoms with Gasteiger partial charge in [-0.3, -0.25) is 67.7 Å². The van der Waals surface area contributed by atoms with Crippen molar-refractivity contribution in [3.05, 3.63) is 198 Å². The molecule has 9 N–H and O–H groups in total. The summed E-state index contributed by atoms with van der Waals surface area (Å²) >= 11 is 5.89. The molecule has 0 saturated heterocycles. The normalized spacial score (nSPS) is 14.4. The zero-order chi connectivity index (χ0) is 126. The third-order valence-corrected chi connectivity index (χ3v) is 21.0. The highest BCUT2D eigenvalue weighted by molar-refractivity contribution is 8.26. The number of carbonyl (C=O) groups is 7. The first kappa shape index (κ1) is 107. The second kappa shape index (κ2) is 82.3. The topological polar surface area (TPSA) is 448 Å². The number of phenolic OH excluding ortho intramolecular Hbond substituents is 3. The number of ketones is 2. The largest absolute Gasteiger partial charge is 0.507 e. The summed E-state index contributed by atoms with van der Waals surface area (Å²) in [6.45, 7) is 11.4. The number of allylic oxidation sites excluding steroid dienone is 1. The van der Waals surface area contributed by atoms with E-state index in [1.165, 1.54) is 56.8 Å². The summed E-state index contributed by atoms with van der Waals surface area (Å²) in [5.41, 5.74) is 14.4. The van der Waals surface area contributed by atoms with E-state index in [-0.39, 0.29) is 157 Å². The van der Waals surface area contributed by atoms with Gasteiger partial charge in [0.1, 0.15) is 64.4 Å². The average molecular weight is 2160 g/mol. The molecule has 9 rings (SSSR count). The van der Waals surface area contributed by atoms with Gasteiger partial charge in [-0.15, -0.1) is 11.6 Å². The number of alkyl halides is 1. The predicted molar refractivity (Wildman–Crippen MR) is 610 cm³/mol. The van der Waals surface area contributed by atoms with Crippen LogP contribution in [-0.2, 0) is 72.7 Å². The molecule has 0 spiro atoms. The summed E-state index contributed by atoms with van der Waals surface area (Å²) in [5, 5.41) is 51.6. The SMILES string of the molecule is C.C.C.C.C.C.C.C.C.C.CC(C)(C)OC(=O)CN.CN(C)/C=C/C(=O)c1ncccc1CO[Si](C)(C)C(C)(C)C.O=Cc1c(O)cccc1O.O=S(Cl)Cl.[2H]C([2H])([2H])C(=NCC(=O)OC(C)(C)C)C([2H])([2H])[2H].[2H]C([2H])([2H])C(C)=O.[2H]C([2H])([2H])C(C)CN.[2H]C([2H])([2H])C(C)n1nccc1-c1ncccc1CCl.[2H]C([2H])([2H])C(C)n1nccc1-c1ncccc1CO.[2H]C([2H])([2H])C(C)n1nccc1-c1ncccc1COc1cccc(O)c1C=O.[2H]C([2H])([2H])C(NCC(=O)OC(C)(C)C)C([2H])([2H])[2H]. The number of rotatable bonds is 26. The number of hydrogen-bond acceptors (Lipinski definition) is 29. The lowest BCUT2D eigenvalue weighted by atomic mass is 10.1. The Hall–Kier alpha value is -10.8. The van der Waals surface area contributed by atoms with Crippen LogP contribution in [0.15, 0.2) is 164 Å². The van der Waals surface area contributed by atoms with Gasteiger partial charge in [0.05, 0.1) is 71.6 Å². The molecule has 0 aliphatic carbocycles. The summed E-state index contributed by atoms with van der Waals surface area (Å²) in [6, 6.07) is 24.2. The number of pyridine rings is 4. The molecule has 7 aromatic heterocycles. The molecule has 0 fully saturated rings. The summed E-state index contributed by atoms with van der Waals surface area (Å²) in [5.74, 6) is -3.05. The number of aromatic nitrogens is 10. The molecule has 4 atom stereocenters. The molecular formula is C108H188Cl3N15O17SSi. The van der Waals surface area contributed by atoms with Gasteiger partial charge in [0.15, 0.2) is 20.9 Å².